The molecule has 0 radical (unpaired) electrons. The maximum absolute atomic E-state index is 6.04. The number of nitrogens with two attached hydrogens (primary N) is 2. The largest absolute Gasteiger partial charge is 0.330 e. The summed E-state index contributed by atoms with van der Waals surface area (Å²) in [6, 6.07) is 8.43. The monoisotopic (exact) mass is 242 g/mol. The summed E-state index contributed by atoms with van der Waals surface area (Å²) in [5, 5.41) is 3.42. The minimum atomic E-state index is 0. The molecule has 82 valence electrons. The highest BCUT2D eigenvalue weighted by molar-refractivity contribution is 7.17. The molecular formula is C11H15ClN2S. The van der Waals surface area contributed by atoms with Crippen LogP contribution in [0.25, 0.3) is 10.1 Å². The van der Waals surface area contributed by atoms with E-state index in [1.54, 1.807) is 11.3 Å². The van der Waals surface area contributed by atoms with Crippen molar-refractivity contribution in [2.24, 2.45) is 11.5 Å². The van der Waals surface area contributed by atoms with Gasteiger partial charge in [-0.2, -0.15) is 0 Å². The predicted molar refractivity (Wildman–Crippen MR) is 69.7 cm³/mol. The van der Waals surface area contributed by atoms with E-state index in [-0.39, 0.29) is 18.4 Å². The van der Waals surface area contributed by atoms with Gasteiger partial charge in [0.1, 0.15) is 0 Å². The Bertz CT molecular complexity index is 427. The molecule has 1 aromatic heterocycles. The van der Waals surface area contributed by atoms with Gasteiger partial charge in [0.2, 0.25) is 0 Å². The van der Waals surface area contributed by atoms with Crippen LogP contribution in [-0.4, -0.2) is 6.54 Å². The van der Waals surface area contributed by atoms with Crippen molar-refractivity contribution in [2.75, 3.05) is 6.54 Å². The maximum atomic E-state index is 6.04. The van der Waals surface area contributed by atoms with Crippen LogP contribution in [-0.2, 0) is 0 Å². The van der Waals surface area contributed by atoms with Crippen LogP contribution in [0.3, 0.4) is 0 Å². The van der Waals surface area contributed by atoms with Gasteiger partial charge in [0.15, 0.2) is 0 Å². The van der Waals surface area contributed by atoms with E-state index in [9.17, 15) is 0 Å². The number of fused-ring (bicyclic) bond motifs is 1. The van der Waals surface area contributed by atoms with Crippen LogP contribution < -0.4 is 11.5 Å². The molecule has 1 heterocycles. The normalized spacial score (nSPS) is 12.4. The molecule has 0 aliphatic rings. The molecule has 0 bridgehead atoms. The lowest BCUT2D eigenvalue weighted by atomic mass is 10.0. The van der Waals surface area contributed by atoms with E-state index < -0.39 is 0 Å². The lowest BCUT2D eigenvalue weighted by Gasteiger charge is -2.08. The van der Waals surface area contributed by atoms with Crippen LogP contribution in [0.1, 0.15) is 18.0 Å². The van der Waals surface area contributed by atoms with Crippen LogP contribution in [0.5, 0.6) is 0 Å². The Kier molecular flexibility index (Phi) is 4.54. The fourth-order valence-electron chi connectivity index (χ4n) is 1.62. The summed E-state index contributed by atoms with van der Waals surface area (Å²) in [5.41, 5.74) is 12.8. The molecule has 4 N–H and O–H groups in total. The van der Waals surface area contributed by atoms with Gasteiger partial charge in [-0.3, -0.25) is 0 Å². The highest BCUT2D eigenvalue weighted by Gasteiger charge is 2.10. The molecule has 0 amide bonds. The van der Waals surface area contributed by atoms with Gasteiger partial charge in [0.25, 0.3) is 0 Å². The van der Waals surface area contributed by atoms with Gasteiger partial charge >= 0.3 is 0 Å². The molecule has 4 heteroatoms. The summed E-state index contributed by atoms with van der Waals surface area (Å²) in [6.07, 6.45) is 0.848. The molecule has 0 saturated heterocycles. The SMILES string of the molecule is Cl.NCC[C@@H](N)c1csc2ccccc12. The first kappa shape index (κ1) is 12.5. The van der Waals surface area contributed by atoms with Crippen molar-refractivity contribution in [3.8, 4) is 0 Å². The Morgan fingerprint density at radius 2 is 2.00 bits per heavy atom. The number of hydrogen-bond donors (Lipinski definition) is 2. The first-order chi connectivity index (χ1) is 6.83. The minimum Gasteiger partial charge on any atom is -0.330 e. The Labute approximate surface area is 99.7 Å². The van der Waals surface area contributed by atoms with E-state index in [1.165, 1.54) is 15.6 Å². The molecule has 0 unspecified atom stereocenters. The predicted octanol–water partition coefficient (Wildman–Crippen LogP) is 2.67. The van der Waals surface area contributed by atoms with Crippen molar-refractivity contribution >= 4 is 33.8 Å². The second kappa shape index (κ2) is 5.47. The van der Waals surface area contributed by atoms with E-state index in [0.717, 1.165) is 6.42 Å². The molecule has 0 aliphatic carbocycles. The first-order valence-corrected chi connectivity index (χ1v) is 5.62. The van der Waals surface area contributed by atoms with E-state index in [1.807, 2.05) is 6.07 Å². The minimum absolute atomic E-state index is 0. The van der Waals surface area contributed by atoms with E-state index in [4.69, 9.17) is 11.5 Å². The van der Waals surface area contributed by atoms with E-state index in [2.05, 4.69) is 23.6 Å². The third-order valence-corrected chi connectivity index (χ3v) is 3.37. The Hall–Kier alpha value is -0.610. The lowest BCUT2D eigenvalue weighted by molar-refractivity contribution is 0.667. The van der Waals surface area contributed by atoms with Gasteiger partial charge < -0.3 is 11.5 Å². The van der Waals surface area contributed by atoms with E-state index >= 15 is 0 Å². The summed E-state index contributed by atoms with van der Waals surface area (Å²) in [5.74, 6) is 0. The second-order valence-corrected chi connectivity index (χ2v) is 4.28. The van der Waals surface area contributed by atoms with E-state index in [0.29, 0.717) is 6.54 Å². The van der Waals surface area contributed by atoms with Crippen molar-refractivity contribution in [3.63, 3.8) is 0 Å². The number of rotatable bonds is 3. The highest BCUT2D eigenvalue weighted by Crippen LogP contribution is 2.30. The third kappa shape index (κ3) is 2.49. The molecule has 0 spiro atoms. The molecule has 1 atom stereocenters. The fourth-order valence-corrected chi connectivity index (χ4v) is 2.65. The Morgan fingerprint density at radius 1 is 1.27 bits per heavy atom. The second-order valence-electron chi connectivity index (χ2n) is 3.37. The summed E-state index contributed by atoms with van der Waals surface area (Å²) >= 11 is 1.75. The zero-order chi connectivity index (χ0) is 9.97. The molecule has 0 aliphatic heterocycles. The quantitative estimate of drug-likeness (QED) is 0.870. The van der Waals surface area contributed by atoms with Gasteiger partial charge in [0.05, 0.1) is 0 Å². The summed E-state index contributed by atoms with van der Waals surface area (Å²) in [4.78, 5) is 0. The molecule has 0 fully saturated rings. The number of hydrogen-bond acceptors (Lipinski definition) is 3. The zero-order valence-electron chi connectivity index (χ0n) is 8.35. The average molecular weight is 243 g/mol. The lowest BCUT2D eigenvalue weighted by Crippen LogP contribution is -2.14. The molecular weight excluding hydrogens is 228 g/mol. The van der Waals surface area contributed by atoms with Crippen LogP contribution in [0, 0.1) is 0 Å². The van der Waals surface area contributed by atoms with Crippen LogP contribution in [0.4, 0.5) is 0 Å². The Balaban J connectivity index is 0.00000112. The molecule has 2 nitrogen and oxygen atoms in total. The zero-order valence-corrected chi connectivity index (χ0v) is 9.98. The molecule has 2 aromatic rings. The van der Waals surface area contributed by atoms with Crippen LogP contribution in [0.2, 0.25) is 0 Å². The van der Waals surface area contributed by atoms with Crippen LogP contribution >= 0.6 is 23.7 Å². The number of thiophene rings is 1. The van der Waals surface area contributed by atoms with Crippen molar-refractivity contribution in [2.45, 2.75) is 12.5 Å². The standard InChI is InChI=1S/C11H14N2S.ClH/c12-6-5-10(13)9-7-14-11-4-2-1-3-8(9)11;/h1-4,7,10H,5-6,12-13H2;1H/t10-;/m1./s1. The van der Waals surface area contributed by atoms with Crippen LogP contribution in [0.15, 0.2) is 29.6 Å². The fraction of sp³-hybridized carbons (Fsp3) is 0.273. The average Bonchev–Trinajstić information content (AvgIpc) is 2.61. The van der Waals surface area contributed by atoms with Gasteiger partial charge in [-0.15, -0.1) is 23.7 Å². The molecule has 0 saturated carbocycles. The highest BCUT2D eigenvalue weighted by atomic mass is 35.5. The van der Waals surface area contributed by atoms with Gasteiger partial charge in [-0.05, 0) is 35.4 Å². The van der Waals surface area contributed by atoms with Crippen molar-refractivity contribution < 1.29 is 0 Å². The summed E-state index contributed by atoms with van der Waals surface area (Å²) in [7, 11) is 0. The number of benzene rings is 1. The van der Waals surface area contributed by atoms with Gasteiger partial charge in [-0.1, -0.05) is 18.2 Å². The first-order valence-electron chi connectivity index (χ1n) is 4.74. The molecule has 1 aromatic carbocycles. The van der Waals surface area contributed by atoms with Crippen molar-refractivity contribution in [1.82, 2.24) is 0 Å². The van der Waals surface area contributed by atoms with Crippen molar-refractivity contribution in [3.05, 3.63) is 35.2 Å². The molecule has 2 rings (SSSR count). The third-order valence-electron chi connectivity index (χ3n) is 2.39. The molecule has 15 heavy (non-hydrogen) atoms. The van der Waals surface area contributed by atoms with Gasteiger partial charge in [0, 0.05) is 10.7 Å². The van der Waals surface area contributed by atoms with Crippen molar-refractivity contribution in [1.29, 1.82) is 0 Å². The smallest absolute Gasteiger partial charge is 0.0346 e. The summed E-state index contributed by atoms with van der Waals surface area (Å²) in [6.45, 7) is 0.644. The Morgan fingerprint density at radius 3 is 2.73 bits per heavy atom. The van der Waals surface area contributed by atoms with Gasteiger partial charge in [-0.25, -0.2) is 0 Å². The topological polar surface area (TPSA) is 52.0 Å². The number of halogens is 1. The maximum Gasteiger partial charge on any atom is 0.0346 e. The summed E-state index contributed by atoms with van der Waals surface area (Å²) < 4.78 is 1.30.